The number of nitrogens with one attached hydrogen (secondary N) is 1. The van der Waals surface area contributed by atoms with Gasteiger partial charge >= 0.3 is 0 Å². The van der Waals surface area contributed by atoms with Crippen LogP contribution in [-0.2, 0) is 0 Å². The molecule has 0 bridgehead atoms. The summed E-state index contributed by atoms with van der Waals surface area (Å²) in [6, 6.07) is 0.342. The van der Waals surface area contributed by atoms with Gasteiger partial charge in [-0.2, -0.15) is 4.98 Å². The molecule has 0 saturated carbocycles. The van der Waals surface area contributed by atoms with Crippen molar-refractivity contribution in [2.45, 2.75) is 53.2 Å². The molecule has 1 aromatic rings. The molecule has 1 atom stereocenters. The summed E-state index contributed by atoms with van der Waals surface area (Å²) in [5, 5.41) is 3.35. The molecule has 0 amide bonds. The molecule has 0 aliphatic heterocycles. The Balaban J connectivity index is 2.89. The van der Waals surface area contributed by atoms with E-state index in [9.17, 15) is 0 Å². The largest absolute Gasteiger partial charge is 0.473 e. The highest BCUT2D eigenvalue weighted by molar-refractivity contribution is 5.66. The second-order valence-corrected chi connectivity index (χ2v) is 5.01. The first-order valence-electron chi connectivity index (χ1n) is 6.49. The molecule has 5 nitrogen and oxygen atoms in total. The Morgan fingerprint density at radius 2 is 1.94 bits per heavy atom. The van der Waals surface area contributed by atoms with Gasteiger partial charge in [-0.3, -0.25) is 0 Å². The van der Waals surface area contributed by atoms with E-state index in [1.54, 1.807) is 0 Å². The van der Waals surface area contributed by atoms with Crippen LogP contribution in [0.4, 0.5) is 11.5 Å². The van der Waals surface area contributed by atoms with E-state index in [1.165, 1.54) is 6.33 Å². The van der Waals surface area contributed by atoms with Crippen molar-refractivity contribution < 1.29 is 4.74 Å². The summed E-state index contributed by atoms with van der Waals surface area (Å²) in [6.07, 6.45) is 2.53. The molecule has 1 heterocycles. The van der Waals surface area contributed by atoms with Crippen molar-refractivity contribution in [3.63, 3.8) is 0 Å². The number of nitrogen functional groups attached to an aromatic ring is 1. The molecule has 0 fully saturated rings. The van der Waals surface area contributed by atoms with Crippen LogP contribution in [0.5, 0.6) is 5.88 Å². The third-order valence-corrected chi connectivity index (χ3v) is 2.76. The van der Waals surface area contributed by atoms with E-state index in [2.05, 4.69) is 36.1 Å². The number of hydrogen-bond donors (Lipinski definition) is 2. The predicted molar refractivity (Wildman–Crippen MR) is 74.7 cm³/mol. The van der Waals surface area contributed by atoms with Crippen LogP contribution in [0.25, 0.3) is 0 Å². The fraction of sp³-hybridized carbons (Fsp3) is 0.692. The Morgan fingerprint density at radius 3 is 2.44 bits per heavy atom. The zero-order chi connectivity index (χ0) is 13.7. The Morgan fingerprint density at radius 1 is 1.28 bits per heavy atom. The Labute approximate surface area is 109 Å². The van der Waals surface area contributed by atoms with Gasteiger partial charge < -0.3 is 15.8 Å². The molecule has 0 aromatic carbocycles. The van der Waals surface area contributed by atoms with Crippen molar-refractivity contribution in [2.75, 3.05) is 11.1 Å². The third-order valence-electron chi connectivity index (χ3n) is 2.76. The van der Waals surface area contributed by atoms with Gasteiger partial charge in [0.15, 0.2) is 5.82 Å². The number of nitrogens with two attached hydrogens (primary N) is 1. The van der Waals surface area contributed by atoms with Crippen LogP contribution < -0.4 is 15.8 Å². The second-order valence-electron chi connectivity index (χ2n) is 5.01. The SMILES string of the molecule is CCC(Nc1ncnc(OC(C)C)c1N)C(C)C. The van der Waals surface area contributed by atoms with Crippen molar-refractivity contribution in [1.29, 1.82) is 0 Å². The van der Waals surface area contributed by atoms with Gasteiger partial charge in [0.25, 0.3) is 0 Å². The molecule has 102 valence electrons. The fourth-order valence-electron chi connectivity index (χ4n) is 1.73. The van der Waals surface area contributed by atoms with Gasteiger partial charge in [0.05, 0.1) is 6.10 Å². The highest BCUT2D eigenvalue weighted by Gasteiger charge is 2.16. The number of nitrogens with zero attached hydrogens (tertiary/aromatic N) is 2. The number of rotatable bonds is 6. The summed E-state index contributed by atoms with van der Waals surface area (Å²) in [6.45, 7) is 10.4. The lowest BCUT2D eigenvalue weighted by Gasteiger charge is -2.22. The molecule has 0 radical (unpaired) electrons. The van der Waals surface area contributed by atoms with Crippen molar-refractivity contribution in [1.82, 2.24) is 9.97 Å². The summed E-state index contributed by atoms with van der Waals surface area (Å²) < 4.78 is 5.55. The average molecular weight is 252 g/mol. The number of anilines is 2. The molecule has 0 spiro atoms. The summed E-state index contributed by atoms with van der Waals surface area (Å²) in [7, 11) is 0. The first-order chi connectivity index (χ1) is 8.45. The van der Waals surface area contributed by atoms with Crippen LogP contribution in [0.1, 0.15) is 41.0 Å². The van der Waals surface area contributed by atoms with Crippen LogP contribution >= 0.6 is 0 Å². The van der Waals surface area contributed by atoms with Crippen LogP contribution in [0.15, 0.2) is 6.33 Å². The first kappa shape index (κ1) is 14.5. The van der Waals surface area contributed by atoms with Crippen LogP contribution in [0, 0.1) is 5.92 Å². The summed E-state index contributed by atoms with van der Waals surface area (Å²) in [5.41, 5.74) is 6.50. The third kappa shape index (κ3) is 3.75. The van der Waals surface area contributed by atoms with Gasteiger partial charge in [0.2, 0.25) is 5.88 Å². The molecule has 0 aliphatic carbocycles. The number of hydrogen-bond acceptors (Lipinski definition) is 5. The number of ether oxygens (including phenoxy) is 1. The van der Waals surface area contributed by atoms with E-state index in [4.69, 9.17) is 10.5 Å². The Bertz CT molecular complexity index is 379. The lowest BCUT2D eigenvalue weighted by atomic mass is 10.0. The highest BCUT2D eigenvalue weighted by Crippen LogP contribution is 2.27. The summed E-state index contributed by atoms with van der Waals surface area (Å²) in [5.74, 6) is 1.61. The van der Waals surface area contributed by atoms with E-state index in [1.807, 2.05) is 13.8 Å². The Kier molecular flexibility index (Phi) is 5.19. The Hall–Kier alpha value is -1.52. The lowest BCUT2D eigenvalue weighted by Crippen LogP contribution is -2.26. The molecular formula is C13H24N4O. The van der Waals surface area contributed by atoms with Crippen molar-refractivity contribution in [3.05, 3.63) is 6.33 Å². The van der Waals surface area contributed by atoms with Gasteiger partial charge in [-0.05, 0) is 26.2 Å². The monoisotopic (exact) mass is 252 g/mol. The van der Waals surface area contributed by atoms with E-state index < -0.39 is 0 Å². The maximum absolute atomic E-state index is 6.02. The smallest absolute Gasteiger partial charge is 0.242 e. The molecule has 1 rings (SSSR count). The van der Waals surface area contributed by atoms with Crippen molar-refractivity contribution in [2.24, 2.45) is 5.92 Å². The van der Waals surface area contributed by atoms with Gasteiger partial charge in [-0.25, -0.2) is 4.98 Å². The summed E-state index contributed by atoms with van der Waals surface area (Å²) in [4.78, 5) is 8.25. The molecule has 5 heteroatoms. The van der Waals surface area contributed by atoms with E-state index in [-0.39, 0.29) is 6.10 Å². The normalized spacial score (nSPS) is 12.8. The van der Waals surface area contributed by atoms with Crippen LogP contribution in [0.2, 0.25) is 0 Å². The highest BCUT2D eigenvalue weighted by atomic mass is 16.5. The van der Waals surface area contributed by atoms with E-state index in [0.717, 1.165) is 6.42 Å². The zero-order valence-corrected chi connectivity index (χ0v) is 11.9. The maximum Gasteiger partial charge on any atom is 0.242 e. The minimum atomic E-state index is 0.0436. The molecule has 18 heavy (non-hydrogen) atoms. The zero-order valence-electron chi connectivity index (χ0n) is 11.9. The molecule has 3 N–H and O–H groups in total. The fourth-order valence-corrected chi connectivity index (χ4v) is 1.73. The van der Waals surface area contributed by atoms with E-state index in [0.29, 0.717) is 29.3 Å². The molecular weight excluding hydrogens is 228 g/mol. The van der Waals surface area contributed by atoms with Gasteiger partial charge in [0.1, 0.15) is 12.0 Å². The molecule has 1 unspecified atom stereocenters. The molecule has 0 aliphatic rings. The van der Waals surface area contributed by atoms with Gasteiger partial charge in [0, 0.05) is 6.04 Å². The standard InChI is InChI=1S/C13H24N4O/c1-6-10(8(2)3)17-12-11(14)13(16-7-15-12)18-9(4)5/h7-10H,6,14H2,1-5H3,(H,15,16,17). The van der Waals surface area contributed by atoms with Crippen LogP contribution in [0.3, 0.4) is 0 Å². The van der Waals surface area contributed by atoms with Crippen molar-refractivity contribution >= 4 is 11.5 Å². The minimum absolute atomic E-state index is 0.0436. The second kappa shape index (κ2) is 6.42. The van der Waals surface area contributed by atoms with Crippen LogP contribution in [-0.4, -0.2) is 22.1 Å². The van der Waals surface area contributed by atoms with E-state index >= 15 is 0 Å². The predicted octanol–water partition coefficient (Wildman–Crippen LogP) is 2.69. The number of aromatic nitrogens is 2. The van der Waals surface area contributed by atoms with Gasteiger partial charge in [-0.1, -0.05) is 20.8 Å². The van der Waals surface area contributed by atoms with Gasteiger partial charge in [-0.15, -0.1) is 0 Å². The quantitative estimate of drug-likeness (QED) is 0.814. The lowest BCUT2D eigenvalue weighted by molar-refractivity contribution is 0.234. The molecule has 1 aromatic heterocycles. The van der Waals surface area contributed by atoms with Crippen molar-refractivity contribution in [3.8, 4) is 5.88 Å². The average Bonchev–Trinajstić information content (AvgIpc) is 2.29. The topological polar surface area (TPSA) is 73.1 Å². The minimum Gasteiger partial charge on any atom is -0.473 e. The maximum atomic E-state index is 6.02. The summed E-state index contributed by atoms with van der Waals surface area (Å²) >= 11 is 0. The molecule has 0 saturated heterocycles. The first-order valence-corrected chi connectivity index (χ1v) is 6.49.